The Morgan fingerprint density at radius 2 is 2.50 bits per heavy atom. The normalized spacial score (nSPS) is 29.6. The van der Waals surface area contributed by atoms with Crippen molar-refractivity contribution in [3.8, 4) is 0 Å². The highest BCUT2D eigenvalue weighted by Gasteiger charge is 2.15. The van der Waals surface area contributed by atoms with Gasteiger partial charge in [0.05, 0.1) is 0 Å². The fraction of sp³-hybridized carbons (Fsp3) is 0.800. The summed E-state index contributed by atoms with van der Waals surface area (Å²) < 4.78 is 4.62. The van der Waals surface area contributed by atoms with Crippen LogP contribution in [0.1, 0.15) is 19.3 Å². The van der Waals surface area contributed by atoms with Crippen LogP contribution >= 0.6 is 0 Å². The molecule has 1 saturated heterocycles. The van der Waals surface area contributed by atoms with E-state index in [1.807, 2.05) is 0 Å². The van der Waals surface area contributed by atoms with Crippen LogP contribution in [0.3, 0.4) is 0 Å². The second-order valence-corrected chi connectivity index (χ2v) is 1.92. The average Bonchev–Trinajstić information content (AvgIpc) is 1.64. The smallest absolute Gasteiger partial charge is 0.307 e. The maximum Gasteiger partial charge on any atom is 0.307 e. The summed E-state index contributed by atoms with van der Waals surface area (Å²) in [6.07, 6.45) is 1.88. The molecule has 0 radical (unpaired) electrons. The molecule has 1 heterocycles. The lowest BCUT2D eigenvalue weighted by Crippen LogP contribution is -2.30. The van der Waals surface area contributed by atoms with E-state index < -0.39 is 0 Å². The van der Waals surface area contributed by atoms with Crippen molar-refractivity contribution >= 4 is 5.97 Å². The molecule has 0 bridgehead atoms. The number of nitrogens with two attached hydrogens (primary N) is 1. The van der Waals surface area contributed by atoms with Crippen LogP contribution in [0.25, 0.3) is 0 Å². The van der Waals surface area contributed by atoms with Crippen molar-refractivity contribution in [3.05, 3.63) is 0 Å². The fourth-order valence-electron chi connectivity index (χ4n) is 0.734. The van der Waals surface area contributed by atoms with Gasteiger partial charge >= 0.3 is 5.97 Å². The van der Waals surface area contributed by atoms with Gasteiger partial charge in [0.1, 0.15) is 0 Å². The highest BCUT2D eigenvalue weighted by Crippen LogP contribution is 2.08. The minimum atomic E-state index is -0.337. The first kappa shape index (κ1) is 5.56. The Morgan fingerprint density at radius 1 is 1.75 bits per heavy atom. The Hall–Kier alpha value is -0.570. The first-order valence-electron chi connectivity index (χ1n) is 2.74. The zero-order valence-corrected chi connectivity index (χ0v) is 4.59. The lowest BCUT2D eigenvalue weighted by molar-refractivity contribution is -0.153. The Kier molecular flexibility index (Phi) is 1.48. The molecule has 8 heavy (non-hydrogen) atoms. The van der Waals surface area contributed by atoms with Gasteiger partial charge in [-0.2, -0.15) is 0 Å². The van der Waals surface area contributed by atoms with Crippen LogP contribution in [0, 0.1) is 0 Å². The zero-order valence-electron chi connectivity index (χ0n) is 4.59. The largest absolute Gasteiger partial charge is 0.447 e. The molecule has 46 valence electrons. The third-order valence-corrected chi connectivity index (χ3v) is 1.15. The lowest BCUT2D eigenvalue weighted by Gasteiger charge is -2.16. The van der Waals surface area contributed by atoms with Crippen LogP contribution in [0.5, 0.6) is 0 Å². The Bertz CT molecular complexity index is 103. The van der Waals surface area contributed by atoms with E-state index in [4.69, 9.17) is 5.73 Å². The Labute approximate surface area is 47.8 Å². The molecule has 3 nitrogen and oxygen atoms in total. The van der Waals surface area contributed by atoms with Gasteiger partial charge in [-0.1, -0.05) is 0 Å². The maximum atomic E-state index is 10.4. The second kappa shape index (κ2) is 2.13. The van der Waals surface area contributed by atoms with E-state index >= 15 is 0 Å². The topological polar surface area (TPSA) is 52.3 Å². The highest BCUT2D eigenvalue weighted by atomic mass is 16.6. The van der Waals surface area contributed by atoms with E-state index in [-0.39, 0.29) is 12.2 Å². The molecular weight excluding hydrogens is 106 g/mol. The summed E-state index contributed by atoms with van der Waals surface area (Å²) in [7, 11) is 0. The minimum absolute atomic E-state index is 0.163. The van der Waals surface area contributed by atoms with Crippen LogP contribution in [-0.2, 0) is 9.53 Å². The number of hydrogen-bond donors (Lipinski definition) is 1. The number of ether oxygens (including phenoxy) is 1. The number of carbonyl (C=O) groups is 1. The average molecular weight is 115 g/mol. The van der Waals surface area contributed by atoms with Gasteiger partial charge in [0.15, 0.2) is 6.23 Å². The molecule has 1 rings (SSSR count). The van der Waals surface area contributed by atoms with Gasteiger partial charge in [-0.05, 0) is 12.8 Å². The molecule has 0 spiro atoms. The molecule has 0 saturated carbocycles. The van der Waals surface area contributed by atoms with E-state index in [1.54, 1.807) is 0 Å². The molecule has 1 aliphatic heterocycles. The molecule has 0 aromatic rings. The minimum Gasteiger partial charge on any atom is -0.447 e. The van der Waals surface area contributed by atoms with Crippen LogP contribution < -0.4 is 5.73 Å². The Morgan fingerprint density at radius 3 is 2.88 bits per heavy atom. The monoisotopic (exact) mass is 115 g/mol. The van der Waals surface area contributed by atoms with E-state index in [1.165, 1.54) is 0 Å². The number of carbonyl (C=O) groups excluding carboxylic acids is 1. The van der Waals surface area contributed by atoms with Crippen molar-refractivity contribution in [2.75, 3.05) is 0 Å². The van der Waals surface area contributed by atoms with Gasteiger partial charge < -0.3 is 4.74 Å². The number of esters is 1. The molecule has 1 fully saturated rings. The summed E-state index contributed by atoms with van der Waals surface area (Å²) in [5.41, 5.74) is 5.28. The second-order valence-electron chi connectivity index (χ2n) is 1.92. The van der Waals surface area contributed by atoms with Gasteiger partial charge in [0.25, 0.3) is 0 Å². The van der Waals surface area contributed by atoms with Crippen LogP contribution in [0.4, 0.5) is 0 Å². The summed E-state index contributed by atoms with van der Waals surface area (Å²) in [5.74, 6) is -0.163. The van der Waals surface area contributed by atoms with Crippen molar-refractivity contribution in [2.45, 2.75) is 25.5 Å². The summed E-state index contributed by atoms with van der Waals surface area (Å²) in [6.45, 7) is 0. The van der Waals surface area contributed by atoms with Gasteiger partial charge in [-0.15, -0.1) is 0 Å². The quantitative estimate of drug-likeness (QED) is 0.452. The standard InChI is InChI=1S/C5H9NO2/c6-4-2-1-3-5(7)8-4/h4H,1-3,6H2. The number of hydrogen-bond acceptors (Lipinski definition) is 3. The van der Waals surface area contributed by atoms with Gasteiger partial charge in [-0.3, -0.25) is 10.5 Å². The van der Waals surface area contributed by atoms with Gasteiger partial charge in [0.2, 0.25) is 0 Å². The van der Waals surface area contributed by atoms with E-state index in [2.05, 4.69) is 4.74 Å². The first-order chi connectivity index (χ1) is 3.79. The zero-order chi connectivity index (χ0) is 5.98. The van der Waals surface area contributed by atoms with E-state index in [0.29, 0.717) is 6.42 Å². The number of cyclic esters (lactones) is 1. The molecular formula is C5H9NO2. The third kappa shape index (κ3) is 1.20. The Balaban J connectivity index is 2.34. The molecule has 1 atom stereocenters. The van der Waals surface area contributed by atoms with Crippen LogP contribution in [0.2, 0.25) is 0 Å². The molecule has 0 aliphatic carbocycles. The third-order valence-electron chi connectivity index (χ3n) is 1.15. The van der Waals surface area contributed by atoms with Crippen LogP contribution in [0.15, 0.2) is 0 Å². The van der Waals surface area contributed by atoms with Crippen molar-refractivity contribution in [1.82, 2.24) is 0 Å². The van der Waals surface area contributed by atoms with Crippen molar-refractivity contribution in [1.29, 1.82) is 0 Å². The number of rotatable bonds is 0. The SMILES string of the molecule is NC1CCCC(=O)O1. The predicted molar refractivity (Wildman–Crippen MR) is 27.9 cm³/mol. The predicted octanol–water partition coefficient (Wildman–Crippen LogP) is -0.00170. The van der Waals surface area contributed by atoms with Gasteiger partial charge in [0, 0.05) is 6.42 Å². The van der Waals surface area contributed by atoms with Crippen molar-refractivity contribution in [2.24, 2.45) is 5.73 Å². The molecule has 3 heteroatoms. The maximum absolute atomic E-state index is 10.4. The van der Waals surface area contributed by atoms with E-state index in [0.717, 1.165) is 12.8 Å². The summed E-state index contributed by atoms with van der Waals surface area (Å²) in [5, 5.41) is 0. The summed E-state index contributed by atoms with van der Waals surface area (Å²) in [4.78, 5) is 10.4. The molecule has 2 N–H and O–H groups in total. The van der Waals surface area contributed by atoms with Crippen LogP contribution in [-0.4, -0.2) is 12.2 Å². The lowest BCUT2D eigenvalue weighted by atomic mass is 10.2. The molecule has 1 unspecified atom stereocenters. The summed E-state index contributed by atoms with van der Waals surface area (Å²) >= 11 is 0. The van der Waals surface area contributed by atoms with Crippen molar-refractivity contribution < 1.29 is 9.53 Å². The molecule has 1 aliphatic rings. The van der Waals surface area contributed by atoms with Crippen molar-refractivity contribution in [3.63, 3.8) is 0 Å². The molecule has 0 amide bonds. The molecule has 0 aromatic heterocycles. The van der Waals surface area contributed by atoms with Gasteiger partial charge in [-0.25, -0.2) is 0 Å². The first-order valence-corrected chi connectivity index (χ1v) is 2.74. The molecule has 0 aromatic carbocycles. The van der Waals surface area contributed by atoms with E-state index in [9.17, 15) is 4.79 Å². The highest BCUT2D eigenvalue weighted by molar-refractivity contribution is 5.70. The fourth-order valence-corrected chi connectivity index (χ4v) is 0.734. The summed E-state index contributed by atoms with van der Waals surface area (Å²) in [6, 6.07) is 0.